The third-order valence-electron chi connectivity index (χ3n) is 3.36. The summed E-state index contributed by atoms with van der Waals surface area (Å²) < 4.78 is 0. The lowest BCUT2D eigenvalue weighted by Gasteiger charge is -2.20. The number of nitrogens with two attached hydrogens (primary N) is 1. The minimum absolute atomic E-state index is 0.139. The molecule has 1 aliphatic heterocycles. The number of benzene rings is 1. The summed E-state index contributed by atoms with van der Waals surface area (Å²) in [7, 11) is 0. The van der Waals surface area contributed by atoms with Gasteiger partial charge in [0.25, 0.3) is 5.91 Å². The average Bonchev–Trinajstić information content (AvgIpc) is 2.74. The van der Waals surface area contributed by atoms with Gasteiger partial charge in [-0.15, -0.1) is 0 Å². The molecule has 0 aliphatic carbocycles. The van der Waals surface area contributed by atoms with Crippen LogP contribution in [-0.4, -0.2) is 30.4 Å². The summed E-state index contributed by atoms with van der Waals surface area (Å²) in [5.74, 6) is 5.91. The van der Waals surface area contributed by atoms with Gasteiger partial charge in [-0.05, 0) is 37.1 Å². The van der Waals surface area contributed by atoms with Crippen LogP contribution in [0.2, 0.25) is 0 Å². The van der Waals surface area contributed by atoms with Crippen molar-refractivity contribution < 1.29 is 4.79 Å². The zero-order valence-corrected chi connectivity index (χ0v) is 11.2. The second-order valence-electron chi connectivity index (χ2n) is 4.79. The highest BCUT2D eigenvalue weighted by atomic mass is 16.2. The summed E-state index contributed by atoms with van der Waals surface area (Å²) in [6.45, 7) is 2.12. The number of hydrogen-bond acceptors (Lipinski definition) is 2. The van der Waals surface area contributed by atoms with E-state index in [4.69, 9.17) is 5.73 Å². The number of carbonyl (C=O) groups excluding carboxylic acids is 1. The molecule has 1 aromatic carbocycles. The Morgan fingerprint density at radius 1 is 1.11 bits per heavy atom. The average molecular weight is 256 g/mol. The number of nitrogens with zero attached hydrogens (tertiary/aromatic N) is 1. The monoisotopic (exact) mass is 256 g/mol. The van der Waals surface area contributed by atoms with Crippen molar-refractivity contribution in [1.82, 2.24) is 4.90 Å². The van der Waals surface area contributed by atoms with Gasteiger partial charge >= 0.3 is 0 Å². The number of carbonyl (C=O) groups is 1. The van der Waals surface area contributed by atoms with E-state index in [0.717, 1.165) is 37.1 Å². The van der Waals surface area contributed by atoms with Crippen molar-refractivity contribution in [3.05, 3.63) is 35.4 Å². The quantitative estimate of drug-likeness (QED) is 0.781. The first-order chi connectivity index (χ1) is 9.31. The van der Waals surface area contributed by atoms with E-state index in [0.29, 0.717) is 6.54 Å². The zero-order chi connectivity index (χ0) is 13.5. The Bertz CT molecular complexity index is 474. The van der Waals surface area contributed by atoms with Crippen LogP contribution in [-0.2, 0) is 0 Å². The van der Waals surface area contributed by atoms with Crippen LogP contribution < -0.4 is 5.73 Å². The van der Waals surface area contributed by atoms with E-state index in [-0.39, 0.29) is 5.91 Å². The molecule has 0 aromatic heterocycles. The molecule has 1 aliphatic rings. The Morgan fingerprint density at radius 3 is 2.32 bits per heavy atom. The number of rotatable bonds is 1. The predicted molar refractivity (Wildman–Crippen MR) is 76.7 cm³/mol. The molecule has 19 heavy (non-hydrogen) atoms. The molecule has 1 fully saturated rings. The third-order valence-corrected chi connectivity index (χ3v) is 3.36. The summed E-state index contributed by atoms with van der Waals surface area (Å²) in [6, 6.07) is 7.48. The van der Waals surface area contributed by atoms with E-state index in [1.165, 1.54) is 12.8 Å². The summed E-state index contributed by atoms with van der Waals surface area (Å²) in [4.78, 5) is 14.3. The fourth-order valence-corrected chi connectivity index (χ4v) is 2.31. The minimum atomic E-state index is 0.139. The molecule has 3 nitrogen and oxygen atoms in total. The fourth-order valence-electron chi connectivity index (χ4n) is 2.31. The van der Waals surface area contributed by atoms with E-state index in [9.17, 15) is 4.79 Å². The zero-order valence-electron chi connectivity index (χ0n) is 11.2. The van der Waals surface area contributed by atoms with Crippen molar-refractivity contribution in [2.45, 2.75) is 25.7 Å². The highest BCUT2D eigenvalue weighted by Crippen LogP contribution is 2.13. The van der Waals surface area contributed by atoms with Gasteiger partial charge in [0.15, 0.2) is 0 Å². The molecule has 1 amide bonds. The molecule has 2 rings (SSSR count). The maximum absolute atomic E-state index is 12.3. The molecule has 1 aromatic rings. The van der Waals surface area contributed by atoms with Gasteiger partial charge in [-0.2, -0.15) is 0 Å². The molecule has 1 saturated heterocycles. The standard InChI is InChI=1S/C16H20N2O/c17-11-5-6-14-7-9-15(10-8-14)16(19)18-12-3-1-2-4-13-18/h7-10H,1-4,11-13,17H2. The largest absolute Gasteiger partial charge is 0.339 e. The summed E-state index contributed by atoms with van der Waals surface area (Å²) in [5, 5.41) is 0. The van der Waals surface area contributed by atoms with E-state index >= 15 is 0 Å². The number of likely N-dealkylation sites (tertiary alicyclic amines) is 1. The van der Waals surface area contributed by atoms with Gasteiger partial charge in [-0.3, -0.25) is 4.79 Å². The molecular formula is C16H20N2O. The maximum atomic E-state index is 12.3. The topological polar surface area (TPSA) is 46.3 Å². The van der Waals surface area contributed by atoms with Crippen molar-refractivity contribution in [3.63, 3.8) is 0 Å². The first-order valence-electron chi connectivity index (χ1n) is 6.89. The molecule has 0 spiro atoms. The van der Waals surface area contributed by atoms with E-state index < -0.39 is 0 Å². The SMILES string of the molecule is NCC#Cc1ccc(C(=O)N2CCCCCC2)cc1. The molecule has 0 unspecified atom stereocenters. The Kier molecular flexibility index (Phi) is 5.00. The Morgan fingerprint density at radius 2 is 1.74 bits per heavy atom. The lowest BCUT2D eigenvalue weighted by molar-refractivity contribution is 0.0761. The van der Waals surface area contributed by atoms with Crippen LogP contribution in [0, 0.1) is 11.8 Å². The summed E-state index contributed by atoms with van der Waals surface area (Å²) in [5.41, 5.74) is 6.98. The van der Waals surface area contributed by atoms with Crippen molar-refractivity contribution in [1.29, 1.82) is 0 Å². The lowest BCUT2D eigenvalue weighted by Crippen LogP contribution is -2.31. The van der Waals surface area contributed by atoms with Crippen molar-refractivity contribution in [2.24, 2.45) is 5.73 Å². The van der Waals surface area contributed by atoms with Gasteiger partial charge < -0.3 is 10.6 Å². The van der Waals surface area contributed by atoms with Crippen LogP contribution in [0.1, 0.15) is 41.6 Å². The van der Waals surface area contributed by atoms with Gasteiger partial charge in [-0.25, -0.2) is 0 Å². The second-order valence-corrected chi connectivity index (χ2v) is 4.79. The van der Waals surface area contributed by atoms with E-state index in [1.54, 1.807) is 0 Å². The molecule has 1 heterocycles. The highest BCUT2D eigenvalue weighted by molar-refractivity contribution is 5.94. The lowest BCUT2D eigenvalue weighted by atomic mass is 10.1. The summed E-state index contributed by atoms with van der Waals surface area (Å²) >= 11 is 0. The normalized spacial score (nSPS) is 15.3. The van der Waals surface area contributed by atoms with Crippen LogP contribution in [0.3, 0.4) is 0 Å². The molecule has 100 valence electrons. The highest BCUT2D eigenvalue weighted by Gasteiger charge is 2.16. The summed E-state index contributed by atoms with van der Waals surface area (Å²) in [6.07, 6.45) is 4.70. The van der Waals surface area contributed by atoms with Crippen LogP contribution in [0.5, 0.6) is 0 Å². The van der Waals surface area contributed by atoms with Crippen molar-refractivity contribution in [2.75, 3.05) is 19.6 Å². The van der Waals surface area contributed by atoms with Crippen molar-refractivity contribution in [3.8, 4) is 11.8 Å². The van der Waals surface area contributed by atoms with Gasteiger partial charge in [-0.1, -0.05) is 24.7 Å². The molecule has 3 heteroatoms. The molecule has 0 saturated carbocycles. The Balaban J connectivity index is 2.06. The van der Waals surface area contributed by atoms with Gasteiger partial charge in [0, 0.05) is 24.2 Å². The first-order valence-corrected chi connectivity index (χ1v) is 6.89. The molecular weight excluding hydrogens is 236 g/mol. The Labute approximate surface area is 114 Å². The maximum Gasteiger partial charge on any atom is 0.253 e. The number of amides is 1. The fraction of sp³-hybridized carbons (Fsp3) is 0.438. The molecule has 0 radical (unpaired) electrons. The van der Waals surface area contributed by atoms with E-state index in [2.05, 4.69) is 11.8 Å². The van der Waals surface area contributed by atoms with Crippen LogP contribution in [0.25, 0.3) is 0 Å². The van der Waals surface area contributed by atoms with E-state index in [1.807, 2.05) is 29.2 Å². The Hall–Kier alpha value is -1.79. The number of hydrogen-bond donors (Lipinski definition) is 1. The third kappa shape index (κ3) is 3.84. The van der Waals surface area contributed by atoms with Gasteiger partial charge in [0.05, 0.1) is 6.54 Å². The van der Waals surface area contributed by atoms with Crippen LogP contribution in [0.15, 0.2) is 24.3 Å². The second kappa shape index (κ2) is 6.96. The smallest absolute Gasteiger partial charge is 0.253 e. The molecule has 0 atom stereocenters. The molecule has 2 N–H and O–H groups in total. The van der Waals surface area contributed by atoms with Crippen LogP contribution >= 0.6 is 0 Å². The van der Waals surface area contributed by atoms with Gasteiger partial charge in [0.2, 0.25) is 0 Å². The van der Waals surface area contributed by atoms with Crippen LogP contribution in [0.4, 0.5) is 0 Å². The van der Waals surface area contributed by atoms with Crippen molar-refractivity contribution >= 4 is 5.91 Å². The van der Waals surface area contributed by atoms with Gasteiger partial charge in [0.1, 0.15) is 0 Å². The predicted octanol–water partition coefficient (Wildman–Crippen LogP) is 2.01. The minimum Gasteiger partial charge on any atom is -0.339 e. The first kappa shape index (κ1) is 13.6. The molecule has 0 bridgehead atoms.